The van der Waals surface area contributed by atoms with Gasteiger partial charge in [0.05, 0.1) is 27.6 Å². The zero-order valence-electron chi connectivity index (χ0n) is 30.9. The molecule has 278 valence electrons. The Bertz CT molecular complexity index is 2720. The highest BCUT2D eigenvalue weighted by molar-refractivity contribution is 7.99. The van der Waals surface area contributed by atoms with Gasteiger partial charge in [-0.15, -0.1) is 11.3 Å². The molecule has 0 aliphatic rings. The van der Waals surface area contributed by atoms with Gasteiger partial charge in [-0.1, -0.05) is 35.7 Å². The number of hydrogen-bond acceptors (Lipinski definition) is 12. The minimum Gasteiger partial charge on any atom is -0.399 e. The van der Waals surface area contributed by atoms with Gasteiger partial charge in [-0.3, -0.25) is 0 Å². The molecule has 5 aromatic heterocycles. The number of anilines is 6. The van der Waals surface area contributed by atoms with Crippen molar-refractivity contribution in [2.45, 2.75) is 33.4 Å². The second kappa shape index (κ2) is 15.6. The van der Waals surface area contributed by atoms with Crippen LogP contribution < -0.4 is 22.1 Å². The quantitative estimate of drug-likeness (QED) is 0.0983. The summed E-state index contributed by atoms with van der Waals surface area (Å²) in [5.41, 5.74) is 22.5. The highest BCUT2D eigenvalue weighted by atomic mass is 32.2. The maximum atomic E-state index is 6.00. The van der Waals surface area contributed by atoms with Crippen LogP contribution in [0, 0.1) is 13.8 Å². The summed E-state index contributed by atoms with van der Waals surface area (Å²) in [5, 5.41) is 10.2. The molecule has 0 unspecified atom stereocenters. The van der Waals surface area contributed by atoms with E-state index in [1.54, 1.807) is 47.3 Å². The first kappa shape index (κ1) is 36.2. The number of aryl methyl sites for hydroxylation is 2. The van der Waals surface area contributed by atoms with Gasteiger partial charge in [-0.25, -0.2) is 24.9 Å². The van der Waals surface area contributed by atoms with Crippen molar-refractivity contribution < 1.29 is 0 Å². The van der Waals surface area contributed by atoms with E-state index in [0.717, 1.165) is 96.9 Å². The Labute approximate surface area is 342 Å². The van der Waals surface area contributed by atoms with Gasteiger partial charge in [0, 0.05) is 77.3 Å². The monoisotopic (exact) mass is 797 g/mol. The van der Waals surface area contributed by atoms with Crippen molar-refractivity contribution in [3.05, 3.63) is 151 Å². The molecule has 9 aromatic rings. The first-order valence-electron chi connectivity index (χ1n) is 18.1. The zero-order chi connectivity index (χ0) is 38.9. The summed E-state index contributed by atoms with van der Waals surface area (Å²) < 4.78 is 0. The van der Waals surface area contributed by atoms with Gasteiger partial charge >= 0.3 is 0 Å². The summed E-state index contributed by atoms with van der Waals surface area (Å²) >= 11 is 5.00. The Morgan fingerprint density at radius 1 is 0.509 bits per heavy atom. The fourth-order valence-corrected chi connectivity index (χ4v) is 9.02. The predicted molar refractivity (Wildman–Crippen MR) is 238 cm³/mol. The van der Waals surface area contributed by atoms with Gasteiger partial charge in [-0.2, -0.15) is 0 Å². The smallest absolute Gasteiger partial charge is 0.161 e. The molecule has 6 N–H and O–H groups in total. The molecule has 0 atom stereocenters. The number of aromatic nitrogens is 5. The van der Waals surface area contributed by atoms with Crippen molar-refractivity contribution >= 4 is 91.1 Å². The van der Waals surface area contributed by atoms with E-state index in [-0.39, 0.29) is 0 Å². The van der Waals surface area contributed by atoms with Crippen molar-refractivity contribution in [3.8, 4) is 21.0 Å². The Kier molecular flexibility index (Phi) is 9.89. The molecule has 0 aliphatic carbocycles. The third kappa shape index (κ3) is 7.96. The standard InChI is InChI=1S/C45H35N9S3/c1-26-3-15-34-36(19-21-48-43(34)51-26)53-38-23-28(5-17-40(38)55-32-11-7-30(46)8-12-32)42-25-50-45(57-42)29-6-18-41(56-33-13-9-31(47)10-14-33)39(24-29)54-37-20-22-49-44-35(37)16-4-27(2)52-44/h3-25H,46-47H2,1-2H3,(H,48,51,53)(H,49,52,54). The van der Waals surface area contributed by atoms with Crippen LogP contribution in [0.1, 0.15) is 11.4 Å². The molecule has 0 amide bonds. The highest BCUT2D eigenvalue weighted by Crippen LogP contribution is 2.43. The maximum Gasteiger partial charge on any atom is 0.161 e. The zero-order valence-corrected chi connectivity index (χ0v) is 33.3. The summed E-state index contributed by atoms with van der Waals surface area (Å²) in [6, 6.07) is 40.9. The van der Waals surface area contributed by atoms with E-state index >= 15 is 0 Å². The number of nitrogens with zero attached hydrogens (tertiary/aromatic N) is 5. The van der Waals surface area contributed by atoms with E-state index in [9.17, 15) is 0 Å². The molecule has 0 saturated heterocycles. The molecule has 0 saturated carbocycles. The molecule has 5 heterocycles. The van der Waals surface area contributed by atoms with E-state index in [1.807, 2.05) is 92.8 Å². The van der Waals surface area contributed by atoms with E-state index in [1.165, 1.54) is 0 Å². The fourth-order valence-electron chi connectivity index (χ4n) is 6.34. The molecule has 0 spiro atoms. The van der Waals surface area contributed by atoms with Crippen molar-refractivity contribution in [2.75, 3.05) is 22.1 Å². The molecule has 57 heavy (non-hydrogen) atoms. The Balaban J connectivity index is 1.07. The molecule has 0 bridgehead atoms. The molecule has 0 radical (unpaired) electrons. The fraction of sp³-hybridized carbons (Fsp3) is 0.0444. The molecule has 9 rings (SSSR count). The number of rotatable bonds is 10. The summed E-state index contributed by atoms with van der Waals surface area (Å²) in [6.07, 6.45) is 5.54. The molecular formula is C45H35N9S3. The van der Waals surface area contributed by atoms with Crippen LogP contribution in [0.4, 0.5) is 34.1 Å². The Morgan fingerprint density at radius 2 is 1.00 bits per heavy atom. The second-order valence-corrected chi connectivity index (χ2v) is 16.7. The van der Waals surface area contributed by atoms with Crippen molar-refractivity contribution in [2.24, 2.45) is 0 Å². The SMILES string of the molecule is Cc1ccc2c(Nc3cc(-c4cnc(-c5ccc(Sc6ccc(N)cc6)c(Nc6ccnc7nc(C)ccc67)c5)s4)ccc3Sc3ccc(N)cc3)ccnc2n1. The molecule has 9 nitrogen and oxygen atoms in total. The summed E-state index contributed by atoms with van der Waals surface area (Å²) in [4.78, 5) is 28.7. The van der Waals surface area contributed by atoms with Crippen LogP contribution in [0.3, 0.4) is 0 Å². The average molecular weight is 798 g/mol. The van der Waals surface area contributed by atoms with Crippen LogP contribution in [0.15, 0.2) is 159 Å². The normalized spacial score (nSPS) is 11.3. The number of nitrogen functional groups attached to an aromatic ring is 2. The second-order valence-electron chi connectivity index (χ2n) is 13.4. The maximum absolute atomic E-state index is 6.00. The lowest BCUT2D eigenvalue weighted by molar-refractivity contribution is 1.20. The third-order valence-electron chi connectivity index (χ3n) is 9.24. The number of benzene rings is 4. The molecule has 12 heteroatoms. The molecule has 4 aromatic carbocycles. The van der Waals surface area contributed by atoms with Crippen molar-refractivity contribution in [1.82, 2.24) is 24.9 Å². The van der Waals surface area contributed by atoms with Crippen LogP contribution in [0.2, 0.25) is 0 Å². The first-order chi connectivity index (χ1) is 27.8. The minimum atomic E-state index is 0.698. The lowest BCUT2D eigenvalue weighted by atomic mass is 10.1. The van der Waals surface area contributed by atoms with Gasteiger partial charge in [-0.05, 0) is 129 Å². The van der Waals surface area contributed by atoms with Crippen LogP contribution in [-0.2, 0) is 0 Å². The molecule has 0 aliphatic heterocycles. The van der Waals surface area contributed by atoms with E-state index < -0.39 is 0 Å². The molecule has 0 fully saturated rings. The summed E-state index contributed by atoms with van der Waals surface area (Å²) in [7, 11) is 0. The van der Waals surface area contributed by atoms with E-state index in [0.29, 0.717) is 11.3 Å². The van der Waals surface area contributed by atoms with Gasteiger partial charge in [0.25, 0.3) is 0 Å². The van der Waals surface area contributed by atoms with E-state index in [4.69, 9.17) is 16.5 Å². The van der Waals surface area contributed by atoms with Crippen LogP contribution >= 0.6 is 34.9 Å². The summed E-state index contributed by atoms with van der Waals surface area (Å²) in [5.74, 6) is 0. The number of thiazole rings is 1. The Morgan fingerprint density at radius 3 is 1.53 bits per heavy atom. The first-order valence-corrected chi connectivity index (χ1v) is 20.6. The number of fused-ring (bicyclic) bond motifs is 2. The van der Waals surface area contributed by atoms with Crippen LogP contribution in [0.5, 0.6) is 0 Å². The average Bonchev–Trinajstić information content (AvgIpc) is 3.71. The largest absolute Gasteiger partial charge is 0.399 e. The number of nitrogens with two attached hydrogens (primary N) is 2. The van der Waals surface area contributed by atoms with Crippen molar-refractivity contribution in [1.29, 1.82) is 0 Å². The lowest BCUT2D eigenvalue weighted by Gasteiger charge is -2.15. The predicted octanol–water partition coefficient (Wildman–Crippen LogP) is 11.9. The summed E-state index contributed by atoms with van der Waals surface area (Å²) in [6.45, 7) is 3.95. The molecular weight excluding hydrogens is 763 g/mol. The van der Waals surface area contributed by atoms with Crippen LogP contribution in [-0.4, -0.2) is 24.9 Å². The third-order valence-corrected chi connectivity index (χ3v) is 12.5. The number of hydrogen-bond donors (Lipinski definition) is 4. The topological polar surface area (TPSA) is 141 Å². The van der Waals surface area contributed by atoms with Gasteiger partial charge in [0.2, 0.25) is 0 Å². The van der Waals surface area contributed by atoms with Gasteiger partial charge < -0.3 is 22.1 Å². The number of nitrogens with one attached hydrogen (secondary N) is 2. The minimum absolute atomic E-state index is 0.698. The van der Waals surface area contributed by atoms with Gasteiger partial charge in [0.15, 0.2) is 11.3 Å². The Hall–Kier alpha value is -6.47. The van der Waals surface area contributed by atoms with Gasteiger partial charge in [0.1, 0.15) is 5.01 Å². The van der Waals surface area contributed by atoms with Crippen LogP contribution in [0.25, 0.3) is 43.1 Å². The number of pyridine rings is 4. The van der Waals surface area contributed by atoms with E-state index in [2.05, 4.69) is 79.1 Å². The highest BCUT2D eigenvalue weighted by Gasteiger charge is 2.16. The lowest BCUT2D eigenvalue weighted by Crippen LogP contribution is -1.97. The van der Waals surface area contributed by atoms with Crippen molar-refractivity contribution in [3.63, 3.8) is 0 Å².